The van der Waals surface area contributed by atoms with Crippen LogP contribution in [0.3, 0.4) is 0 Å². The highest BCUT2D eigenvalue weighted by atomic mass is 32.2. The number of cyclic esters (lactones) is 1. The molecule has 2 atom stereocenters. The molecule has 62 heavy (non-hydrogen) atoms. The number of ether oxygens (including phenoxy) is 4. The zero-order chi connectivity index (χ0) is 45.1. The normalized spacial score (nSPS) is 17.2. The van der Waals surface area contributed by atoms with Crippen molar-refractivity contribution in [2.45, 2.75) is 65.3 Å². The Balaban J connectivity index is 1.28. The number of anilines is 1. The van der Waals surface area contributed by atoms with Crippen molar-refractivity contribution in [3.05, 3.63) is 88.1 Å². The summed E-state index contributed by atoms with van der Waals surface area (Å²) in [7, 11) is 1.37. The van der Waals surface area contributed by atoms with Crippen LogP contribution in [0.25, 0.3) is 16.6 Å². The second kappa shape index (κ2) is 21.3. The minimum absolute atomic E-state index is 0.0231. The Morgan fingerprint density at radius 2 is 1.84 bits per heavy atom. The van der Waals surface area contributed by atoms with Gasteiger partial charge in [-0.05, 0) is 74.6 Å². The van der Waals surface area contributed by atoms with E-state index in [1.165, 1.54) is 11.9 Å². The standard InChI is InChI=1S/C43H52N6O12S/c1-7-43(61-42(56)60-22-29-12-14-30(15-13-29)45-37(52)19-44-38(53)23-58-24-39(54)47(5)25-50)34(28(4)21-59-41(43)55)18-36-40-33(20-48(36)26-51)31(16-17-49(27(2)3)62(6)57)32-10-8-9-11-35(32)46-40/h8-15,18,26-27,50H,7,16-17,19-25H2,1-6H3,(H,44,53)(H,45,52)/b36-18-/t43-,62?/m0/s1. The minimum atomic E-state index is -1.92. The SMILES string of the molecule is CC[C@@]1(OC(=O)OCc2ccc(NC(=O)CNC(=O)COCC(=O)N(C)CO)cc2)C(=O)OCC(C)=C1/C=C1/c2nc3ccccc3c(CCN(C(C)C)[S+](C)[O-])c2CN1C=O. The van der Waals surface area contributed by atoms with Gasteiger partial charge in [0.15, 0.2) is 0 Å². The maximum Gasteiger partial charge on any atom is 0.510 e. The molecule has 3 heterocycles. The molecule has 3 aromatic rings. The van der Waals surface area contributed by atoms with Gasteiger partial charge in [0.25, 0.3) is 0 Å². The summed E-state index contributed by atoms with van der Waals surface area (Å²) in [5, 5.41) is 14.8. The summed E-state index contributed by atoms with van der Waals surface area (Å²) in [6.07, 6.45) is 3.37. The van der Waals surface area contributed by atoms with Gasteiger partial charge in [-0.15, -0.1) is 4.31 Å². The van der Waals surface area contributed by atoms with Gasteiger partial charge in [-0.1, -0.05) is 37.3 Å². The molecule has 0 fully saturated rings. The van der Waals surface area contributed by atoms with Gasteiger partial charge in [-0.25, -0.2) is 14.6 Å². The van der Waals surface area contributed by atoms with Crippen molar-refractivity contribution in [2.75, 3.05) is 58.3 Å². The molecule has 1 unspecified atom stereocenters. The van der Waals surface area contributed by atoms with Crippen molar-refractivity contribution in [1.29, 1.82) is 0 Å². The zero-order valence-electron chi connectivity index (χ0n) is 35.6. The lowest BCUT2D eigenvalue weighted by molar-refractivity contribution is -0.165. The Kier molecular flexibility index (Phi) is 16.2. The van der Waals surface area contributed by atoms with Crippen LogP contribution in [0.15, 0.2) is 65.8 Å². The average molecular weight is 877 g/mol. The molecule has 0 bridgehead atoms. The zero-order valence-corrected chi connectivity index (χ0v) is 36.4. The van der Waals surface area contributed by atoms with Crippen LogP contribution in [0.5, 0.6) is 0 Å². The summed E-state index contributed by atoms with van der Waals surface area (Å²) in [5.41, 5.74) is 3.36. The molecule has 0 spiro atoms. The molecule has 2 aromatic carbocycles. The van der Waals surface area contributed by atoms with Crippen molar-refractivity contribution in [2.24, 2.45) is 0 Å². The molecule has 2 aliphatic heterocycles. The number of fused-ring (bicyclic) bond motifs is 2. The highest BCUT2D eigenvalue weighted by Gasteiger charge is 2.50. The predicted molar refractivity (Wildman–Crippen MR) is 228 cm³/mol. The largest absolute Gasteiger partial charge is 0.598 e. The van der Waals surface area contributed by atoms with Gasteiger partial charge in [0, 0.05) is 53.2 Å². The van der Waals surface area contributed by atoms with Crippen LogP contribution >= 0.6 is 0 Å². The molecule has 19 heteroatoms. The Morgan fingerprint density at radius 1 is 1.11 bits per heavy atom. The number of rotatable bonds is 19. The van der Waals surface area contributed by atoms with Crippen LogP contribution < -0.4 is 10.6 Å². The van der Waals surface area contributed by atoms with E-state index in [1.807, 2.05) is 42.4 Å². The van der Waals surface area contributed by atoms with Crippen LogP contribution in [0.2, 0.25) is 0 Å². The average Bonchev–Trinajstić information content (AvgIpc) is 3.60. The van der Waals surface area contributed by atoms with Crippen LogP contribution in [0, 0.1) is 0 Å². The van der Waals surface area contributed by atoms with E-state index in [0.29, 0.717) is 58.7 Å². The Labute approximate surface area is 362 Å². The molecule has 0 saturated heterocycles. The Hall–Kier alpha value is -5.86. The van der Waals surface area contributed by atoms with E-state index >= 15 is 0 Å². The van der Waals surface area contributed by atoms with E-state index in [0.717, 1.165) is 21.4 Å². The summed E-state index contributed by atoms with van der Waals surface area (Å²) in [4.78, 5) is 83.2. The van der Waals surface area contributed by atoms with E-state index in [1.54, 1.807) is 50.4 Å². The number of benzene rings is 2. The van der Waals surface area contributed by atoms with Gasteiger partial charge in [-0.3, -0.25) is 19.2 Å². The molecule has 3 N–H and O–H groups in total. The summed E-state index contributed by atoms with van der Waals surface area (Å²) < 4.78 is 36.3. The first kappa shape index (κ1) is 47.2. The number of amides is 4. The summed E-state index contributed by atoms with van der Waals surface area (Å²) >= 11 is -1.20. The second-order valence-corrected chi connectivity index (χ2v) is 16.3. The van der Waals surface area contributed by atoms with Crippen LogP contribution in [0.1, 0.15) is 56.5 Å². The van der Waals surface area contributed by atoms with Crippen LogP contribution in [0.4, 0.5) is 10.5 Å². The maximum atomic E-state index is 13.7. The molecule has 0 saturated carbocycles. The molecule has 4 amide bonds. The van der Waals surface area contributed by atoms with Gasteiger partial charge in [0.05, 0.1) is 30.0 Å². The van der Waals surface area contributed by atoms with Gasteiger partial charge in [0.1, 0.15) is 39.4 Å². The maximum absolute atomic E-state index is 13.7. The van der Waals surface area contributed by atoms with Crippen molar-refractivity contribution in [3.63, 3.8) is 0 Å². The number of hydrogen-bond acceptors (Lipinski definition) is 14. The van der Waals surface area contributed by atoms with Crippen molar-refractivity contribution in [1.82, 2.24) is 24.4 Å². The van der Waals surface area contributed by atoms with Crippen LogP contribution in [-0.2, 0) is 73.9 Å². The summed E-state index contributed by atoms with van der Waals surface area (Å²) in [6.45, 7) is 6.04. The minimum Gasteiger partial charge on any atom is -0.598 e. The number of hydrogen-bond donors (Lipinski definition) is 3. The molecule has 5 rings (SSSR count). The number of carbonyl (C=O) groups excluding carboxylic acids is 6. The molecule has 0 radical (unpaired) electrons. The van der Waals surface area contributed by atoms with Gasteiger partial charge in [-0.2, -0.15) is 0 Å². The van der Waals surface area contributed by atoms with E-state index in [-0.39, 0.29) is 38.8 Å². The molecular weight excluding hydrogens is 825 g/mol. The number of carbonyl (C=O) groups is 6. The summed E-state index contributed by atoms with van der Waals surface area (Å²) in [6, 6.07) is 14.0. The number of nitrogens with one attached hydrogen (secondary N) is 2. The molecule has 0 aliphatic carbocycles. The molecule has 332 valence electrons. The topological polar surface area (TPSA) is 229 Å². The Bertz CT molecular complexity index is 2220. The highest BCUT2D eigenvalue weighted by Crippen LogP contribution is 2.41. The smallest absolute Gasteiger partial charge is 0.510 e. The van der Waals surface area contributed by atoms with E-state index < -0.39 is 66.8 Å². The van der Waals surface area contributed by atoms with Crippen molar-refractivity contribution < 1.29 is 57.4 Å². The fraction of sp³-hybridized carbons (Fsp3) is 0.419. The van der Waals surface area contributed by atoms with Crippen molar-refractivity contribution >= 4 is 69.9 Å². The lowest BCUT2D eigenvalue weighted by Crippen LogP contribution is -2.49. The van der Waals surface area contributed by atoms with E-state index in [2.05, 4.69) is 10.6 Å². The summed E-state index contributed by atoms with van der Waals surface area (Å²) in [5.74, 6) is -2.48. The second-order valence-electron chi connectivity index (χ2n) is 14.9. The van der Waals surface area contributed by atoms with Gasteiger partial charge >= 0.3 is 12.1 Å². The first-order valence-corrected chi connectivity index (χ1v) is 21.4. The van der Waals surface area contributed by atoms with Crippen LogP contribution in [-0.4, -0.2) is 130 Å². The lowest BCUT2D eigenvalue weighted by atomic mass is 9.84. The molecule has 2 aliphatic rings. The fourth-order valence-corrected chi connectivity index (χ4v) is 8.03. The Morgan fingerprint density at radius 3 is 2.50 bits per heavy atom. The molecular formula is C43H52N6O12S. The molecule has 18 nitrogen and oxygen atoms in total. The quantitative estimate of drug-likeness (QED) is 0.0681. The number of esters is 1. The third-order valence-electron chi connectivity index (χ3n) is 10.4. The number of aliphatic hydroxyl groups is 1. The number of para-hydroxylation sites is 1. The number of aliphatic hydroxyl groups excluding tert-OH is 1. The third kappa shape index (κ3) is 11.1. The van der Waals surface area contributed by atoms with E-state index in [4.69, 9.17) is 29.0 Å². The fourth-order valence-electron chi connectivity index (χ4n) is 7.09. The number of likely N-dealkylation sites (N-methyl/N-ethyl adjacent to an activating group) is 1. The van der Waals surface area contributed by atoms with E-state index in [9.17, 15) is 33.3 Å². The third-order valence-corrected chi connectivity index (χ3v) is 11.7. The van der Waals surface area contributed by atoms with Gasteiger partial charge in [0.2, 0.25) is 29.7 Å². The number of aromatic nitrogens is 1. The van der Waals surface area contributed by atoms with Gasteiger partial charge < -0.3 is 49.0 Å². The number of nitrogens with zero attached hydrogens (tertiary/aromatic N) is 4. The lowest BCUT2D eigenvalue weighted by Gasteiger charge is -2.35. The first-order chi connectivity index (χ1) is 29.6. The first-order valence-electron chi connectivity index (χ1n) is 19.9. The monoisotopic (exact) mass is 876 g/mol. The highest BCUT2D eigenvalue weighted by molar-refractivity contribution is 7.88. The predicted octanol–water partition coefficient (Wildman–Crippen LogP) is 2.95. The molecule has 1 aromatic heterocycles. The van der Waals surface area contributed by atoms with Crippen molar-refractivity contribution in [3.8, 4) is 0 Å². The number of pyridine rings is 1.